The van der Waals surface area contributed by atoms with E-state index in [0.717, 1.165) is 13.0 Å². The van der Waals surface area contributed by atoms with Crippen molar-refractivity contribution in [3.63, 3.8) is 0 Å². The Labute approximate surface area is 175 Å². The molecule has 5 aromatic rings. The molecular formula is C27H23NS. The molecule has 0 radical (unpaired) electrons. The molecule has 29 heavy (non-hydrogen) atoms. The van der Waals surface area contributed by atoms with Crippen LogP contribution in [-0.4, -0.2) is 7.05 Å². The molecule has 0 aliphatic rings. The summed E-state index contributed by atoms with van der Waals surface area (Å²) in [4.78, 5) is 2.34. The van der Waals surface area contributed by atoms with E-state index in [-0.39, 0.29) is 0 Å². The molecule has 0 unspecified atom stereocenters. The Morgan fingerprint density at radius 1 is 0.621 bits per heavy atom. The second kappa shape index (κ2) is 7.73. The average Bonchev–Trinajstić information content (AvgIpc) is 3.13. The molecular weight excluding hydrogens is 370 g/mol. The maximum atomic E-state index is 2.36. The summed E-state index contributed by atoms with van der Waals surface area (Å²) in [5.74, 6) is 0. The molecule has 0 atom stereocenters. The van der Waals surface area contributed by atoms with Gasteiger partial charge in [-0.25, -0.2) is 0 Å². The van der Waals surface area contributed by atoms with Crippen LogP contribution in [-0.2, 0) is 13.0 Å². The van der Waals surface area contributed by atoms with Gasteiger partial charge < -0.3 is 4.90 Å². The zero-order chi connectivity index (χ0) is 19.6. The summed E-state index contributed by atoms with van der Waals surface area (Å²) in [5.41, 5.74) is 5.30. The molecule has 2 heteroatoms. The van der Waals surface area contributed by atoms with Gasteiger partial charge in [0.2, 0.25) is 0 Å². The van der Waals surface area contributed by atoms with E-state index in [1.165, 1.54) is 42.6 Å². The van der Waals surface area contributed by atoms with E-state index in [0.29, 0.717) is 0 Å². The minimum atomic E-state index is 0.898. The van der Waals surface area contributed by atoms with Gasteiger partial charge in [0.05, 0.1) is 0 Å². The Morgan fingerprint density at radius 3 is 2.28 bits per heavy atom. The maximum absolute atomic E-state index is 2.36. The van der Waals surface area contributed by atoms with Crippen LogP contribution in [0, 0.1) is 0 Å². The summed E-state index contributed by atoms with van der Waals surface area (Å²) in [6.07, 6.45) is 0.968. The predicted molar refractivity (Wildman–Crippen MR) is 127 cm³/mol. The van der Waals surface area contributed by atoms with Crippen molar-refractivity contribution in [2.75, 3.05) is 11.9 Å². The fourth-order valence-corrected chi connectivity index (χ4v) is 5.06. The van der Waals surface area contributed by atoms with Gasteiger partial charge >= 0.3 is 0 Å². The average molecular weight is 394 g/mol. The highest BCUT2D eigenvalue weighted by Crippen LogP contribution is 2.34. The molecule has 0 saturated carbocycles. The highest BCUT2D eigenvalue weighted by molar-refractivity contribution is 7.25. The molecule has 0 fully saturated rings. The quantitative estimate of drug-likeness (QED) is 0.303. The van der Waals surface area contributed by atoms with E-state index < -0.39 is 0 Å². The molecule has 0 saturated heterocycles. The lowest BCUT2D eigenvalue weighted by Crippen LogP contribution is -2.16. The van der Waals surface area contributed by atoms with E-state index in [4.69, 9.17) is 0 Å². The smallest absolute Gasteiger partial charge is 0.0426 e. The molecule has 0 aliphatic carbocycles. The lowest BCUT2D eigenvalue weighted by Gasteiger charge is -2.20. The number of thiophene rings is 1. The summed E-state index contributed by atoms with van der Waals surface area (Å²) in [6, 6.07) is 35.2. The molecule has 0 bridgehead atoms. The minimum Gasteiger partial charge on any atom is -0.370 e. The van der Waals surface area contributed by atoms with Gasteiger partial charge in [-0.15, -0.1) is 11.3 Å². The Kier molecular flexibility index (Phi) is 4.79. The van der Waals surface area contributed by atoms with Crippen LogP contribution in [0.2, 0.25) is 0 Å². The van der Waals surface area contributed by atoms with Crippen molar-refractivity contribution >= 4 is 37.2 Å². The van der Waals surface area contributed by atoms with E-state index in [1.807, 2.05) is 11.3 Å². The molecule has 142 valence electrons. The fraction of sp³-hybridized carbons (Fsp3) is 0.111. The second-order valence-corrected chi connectivity index (χ2v) is 8.70. The molecule has 1 heterocycles. The van der Waals surface area contributed by atoms with Crippen molar-refractivity contribution in [2.45, 2.75) is 13.0 Å². The van der Waals surface area contributed by atoms with E-state index in [2.05, 4.69) is 109 Å². The van der Waals surface area contributed by atoms with Crippen molar-refractivity contribution in [3.05, 3.63) is 114 Å². The van der Waals surface area contributed by atoms with Crippen LogP contribution in [0.25, 0.3) is 20.2 Å². The first-order valence-electron chi connectivity index (χ1n) is 10.0. The monoisotopic (exact) mass is 393 g/mol. The van der Waals surface area contributed by atoms with Gasteiger partial charge in [-0.2, -0.15) is 0 Å². The number of hydrogen-bond acceptors (Lipinski definition) is 2. The Hall–Kier alpha value is -3.10. The Balaban J connectivity index is 1.39. The Morgan fingerprint density at radius 2 is 1.38 bits per heavy atom. The second-order valence-electron chi connectivity index (χ2n) is 7.62. The Bertz CT molecular complexity index is 1270. The fourth-order valence-electron chi connectivity index (χ4n) is 3.97. The molecule has 0 spiro atoms. The van der Waals surface area contributed by atoms with E-state index in [1.54, 1.807) is 0 Å². The van der Waals surface area contributed by atoms with Crippen LogP contribution in [0.15, 0.2) is 97.1 Å². The van der Waals surface area contributed by atoms with Crippen LogP contribution in [0.3, 0.4) is 0 Å². The summed E-state index contributed by atoms with van der Waals surface area (Å²) in [5, 5.41) is 2.73. The normalized spacial score (nSPS) is 11.2. The van der Waals surface area contributed by atoms with Crippen LogP contribution in [0.1, 0.15) is 16.7 Å². The van der Waals surface area contributed by atoms with Crippen LogP contribution < -0.4 is 4.90 Å². The van der Waals surface area contributed by atoms with E-state index >= 15 is 0 Å². The zero-order valence-electron chi connectivity index (χ0n) is 16.5. The van der Waals surface area contributed by atoms with Gasteiger partial charge in [0.1, 0.15) is 0 Å². The van der Waals surface area contributed by atoms with Crippen molar-refractivity contribution in [3.8, 4) is 0 Å². The highest BCUT2D eigenvalue weighted by atomic mass is 32.1. The molecule has 0 aliphatic heterocycles. The zero-order valence-corrected chi connectivity index (χ0v) is 17.3. The van der Waals surface area contributed by atoms with Gasteiger partial charge in [-0.3, -0.25) is 0 Å². The van der Waals surface area contributed by atoms with Gasteiger partial charge in [0.25, 0.3) is 0 Å². The first-order chi connectivity index (χ1) is 14.3. The number of benzene rings is 4. The maximum Gasteiger partial charge on any atom is 0.0426 e. The number of anilines is 1. The third-order valence-corrected chi connectivity index (χ3v) is 6.62. The first-order valence-corrected chi connectivity index (χ1v) is 10.8. The molecule has 0 amide bonds. The van der Waals surface area contributed by atoms with Gasteiger partial charge in [0.15, 0.2) is 0 Å². The van der Waals surface area contributed by atoms with Crippen molar-refractivity contribution in [1.29, 1.82) is 0 Å². The number of hydrogen-bond donors (Lipinski definition) is 0. The lowest BCUT2D eigenvalue weighted by molar-refractivity contribution is 0.923. The third kappa shape index (κ3) is 3.76. The SMILES string of the molecule is CN(Cc1ccc2sc3ccccc3c2c1)c1cccc(Cc2ccccc2)c1. The molecule has 5 rings (SSSR count). The molecule has 4 aromatic carbocycles. The minimum absolute atomic E-state index is 0.898. The molecule has 0 N–H and O–H groups in total. The van der Waals surface area contributed by atoms with Gasteiger partial charge in [-0.05, 0) is 53.4 Å². The summed E-state index contributed by atoms with van der Waals surface area (Å²) in [7, 11) is 2.18. The van der Waals surface area contributed by atoms with Crippen molar-refractivity contribution < 1.29 is 0 Å². The summed E-state index contributed by atoms with van der Waals surface area (Å²) in [6.45, 7) is 0.898. The highest BCUT2D eigenvalue weighted by Gasteiger charge is 2.08. The topological polar surface area (TPSA) is 3.24 Å². The third-order valence-electron chi connectivity index (χ3n) is 5.46. The van der Waals surface area contributed by atoms with Crippen LogP contribution in [0.4, 0.5) is 5.69 Å². The van der Waals surface area contributed by atoms with Gasteiger partial charge in [0, 0.05) is 39.5 Å². The van der Waals surface area contributed by atoms with Crippen LogP contribution in [0.5, 0.6) is 0 Å². The standard InChI is InChI=1S/C27H23NS/c1-28(23-11-7-10-21(17-23)16-20-8-3-2-4-9-20)19-22-14-15-27-25(18-22)24-12-5-6-13-26(24)29-27/h2-15,17-18H,16,19H2,1H3. The van der Waals surface area contributed by atoms with Crippen molar-refractivity contribution in [2.24, 2.45) is 0 Å². The van der Waals surface area contributed by atoms with Gasteiger partial charge in [-0.1, -0.05) is 66.7 Å². The molecule has 1 nitrogen and oxygen atoms in total. The van der Waals surface area contributed by atoms with Crippen molar-refractivity contribution in [1.82, 2.24) is 0 Å². The largest absolute Gasteiger partial charge is 0.370 e. The number of nitrogens with zero attached hydrogens (tertiary/aromatic N) is 1. The summed E-state index contributed by atoms with van der Waals surface area (Å²) < 4.78 is 2.73. The lowest BCUT2D eigenvalue weighted by atomic mass is 10.0. The predicted octanol–water partition coefficient (Wildman–Crippen LogP) is 7.28. The van der Waals surface area contributed by atoms with Crippen LogP contribution >= 0.6 is 11.3 Å². The summed E-state index contributed by atoms with van der Waals surface area (Å²) >= 11 is 1.87. The first kappa shape index (κ1) is 18.0. The number of rotatable bonds is 5. The van der Waals surface area contributed by atoms with E-state index in [9.17, 15) is 0 Å². The number of fused-ring (bicyclic) bond motifs is 3. The molecule has 1 aromatic heterocycles.